The van der Waals surface area contributed by atoms with Crippen LogP contribution in [-0.2, 0) is 9.53 Å². The van der Waals surface area contributed by atoms with E-state index in [9.17, 15) is 4.79 Å². The van der Waals surface area contributed by atoms with Gasteiger partial charge in [-0.1, -0.05) is 48.0 Å². The van der Waals surface area contributed by atoms with E-state index in [0.717, 1.165) is 59.5 Å². The number of aromatic amines is 1. The minimum atomic E-state index is -0.422. The van der Waals surface area contributed by atoms with Crippen LogP contribution in [0.15, 0.2) is 77.6 Å². The number of aromatic nitrogens is 2. The fourth-order valence-corrected chi connectivity index (χ4v) is 4.45. The second kappa shape index (κ2) is 7.94. The molecule has 2 aliphatic rings. The number of carbonyl (C=O) groups is 1. The largest absolute Gasteiger partial charge is 0.402 e. The number of hydrogen-bond donors (Lipinski definition) is 1. The lowest BCUT2D eigenvalue weighted by Gasteiger charge is -2.33. The molecule has 0 saturated carbocycles. The number of nitrogens with one attached hydrogen (secondary N) is 1. The van der Waals surface area contributed by atoms with Gasteiger partial charge in [-0.3, -0.25) is 0 Å². The van der Waals surface area contributed by atoms with Gasteiger partial charge in [0, 0.05) is 43.0 Å². The number of ether oxygens (including phenoxy) is 1. The predicted octanol–water partition coefficient (Wildman–Crippen LogP) is 4.34. The first-order valence-corrected chi connectivity index (χ1v) is 11.2. The van der Waals surface area contributed by atoms with Crippen molar-refractivity contribution in [3.63, 3.8) is 0 Å². The van der Waals surface area contributed by atoms with E-state index in [1.54, 1.807) is 6.20 Å². The molecule has 164 valence electrons. The van der Waals surface area contributed by atoms with Crippen molar-refractivity contribution in [1.82, 2.24) is 14.9 Å². The zero-order valence-corrected chi connectivity index (χ0v) is 18.4. The van der Waals surface area contributed by atoms with Crippen LogP contribution in [0.25, 0.3) is 21.8 Å². The SMILES string of the molecule is O=C1OC(c2cccc3ccccc23)=NC1=CN1CCN(c2nc3ccc(Cl)cc3[nH]2)CC1. The molecule has 7 nitrogen and oxygen atoms in total. The summed E-state index contributed by atoms with van der Waals surface area (Å²) in [5.74, 6) is 0.758. The van der Waals surface area contributed by atoms with Crippen LogP contribution in [0.5, 0.6) is 0 Å². The zero-order chi connectivity index (χ0) is 22.4. The number of rotatable bonds is 3. The molecule has 2 aliphatic heterocycles. The summed E-state index contributed by atoms with van der Waals surface area (Å²) in [4.78, 5) is 29.3. The smallest absolute Gasteiger partial charge is 0.365 e. The summed E-state index contributed by atoms with van der Waals surface area (Å²) in [6.45, 7) is 3.03. The highest BCUT2D eigenvalue weighted by atomic mass is 35.5. The molecule has 0 radical (unpaired) electrons. The first kappa shape index (κ1) is 19.8. The van der Waals surface area contributed by atoms with E-state index < -0.39 is 5.97 Å². The molecular formula is C25H20ClN5O2. The molecule has 0 atom stereocenters. The summed E-state index contributed by atoms with van der Waals surface area (Å²) < 4.78 is 5.52. The van der Waals surface area contributed by atoms with Gasteiger partial charge in [-0.25, -0.2) is 14.8 Å². The quantitative estimate of drug-likeness (QED) is 0.366. The summed E-state index contributed by atoms with van der Waals surface area (Å²) >= 11 is 6.08. The Morgan fingerprint density at radius 3 is 2.70 bits per heavy atom. The highest BCUT2D eigenvalue weighted by molar-refractivity contribution is 6.31. The van der Waals surface area contributed by atoms with Crippen LogP contribution >= 0.6 is 11.6 Å². The van der Waals surface area contributed by atoms with Gasteiger partial charge in [-0.2, -0.15) is 0 Å². The number of aliphatic imine (C=N–C) groups is 1. The van der Waals surface area contributed by atoms with Crippen molar-refractivity contribution in [2.75, 3.05) is 31.1 Å². The Bertz CT molecular complexity index is 1440. The van der Waals surface area contributed by atoms with Gasteiger partial charge >= 0.3 is 5.97 Å². The van der Waals surface area contributed by atoms with E-state index in [-0.39, 0.29) is 0 Å². The van der Waals surface area contributed by atoms with Crippen molar-refractivity contribution >= 4 is 51.2 Å². The Hall–Kier alpha value is -3.84. The Morgan fingerprint density at radius 1 is 1.00 bits per heavy atom. The Balaban J connectivity index is 1.19. The number of halogens is 1. The molecule has 1 saturated heterocycles. The molecule has 0 aliphatic carbocycles. The molecule has 0 spiro atoms. The van der Waals surface area contributed by atoms with Gasteiger partial charge in [0.15, 0.2) is 5.70 Å². The molecule has 6 rings (SSSR count). The summed E-state index contributed by atoms with van der Waals surface area (Å²) in [6.07, 6.45) is 1.80. The van der Waals surface area contributed by atoms with Crippen LogP contribution in [0.1, 0.15) is 5.56 Å². The molecule has 0 unspecified atom stereocenters. The minimum Gasteiger partial charge on any atom is -0.402 e. The fourth-order valence-electron chi connectivity index (χ4n) is 4.28. The third-order valence-corrected chi connectivity index (χ3v) is 6.23. The minimum absolute atomic E-state index is 0.324. The standard InChI is InChI=1S/C25H20ClN5O2/c26-17-8-9-20-21(14-17)29-25(28-20)31-12-10-30(11-13-31)15-22-24(32)33-23(27-22)19-7-3-5-16-4-1-2-6-18(16)19/h1-9,14-15H,10-13H2,(H,28,29). The molecule has 8 heteroatoms. The number of esters is 1. The first-order valence-electron chi connectivity index (χ1n) is 10.8. The highest BCUT2D eigenvalue weighted by Gasteiger charge is 2.27. The van der Waals surface area contributed by atoms with Gasteiger partial charge in [-0.05, 0) is 35.0 Å². The molecule has 0 bridgehead atoms. The molecule has 33 heavy (non-hydrogen) atoms. The van der Waals surface area contributed by atoms with Gasteiger partial charge in [0.1, 0.15) is 0 Å². The maximum absolute atomic E-state index is 12.5. The average molecular weight is 458 g/mol. The number of piperazine rings is 1. The molecule has 3 heterocycles. The number of cyclic esters (lactones) is 1. The second-order valence-corrected chi connectivity index (χ2v) is 8.53. The third-order valence-electron chi connectivity index (χ3n) is 5.99. The van der Waals surface area contributed by atoms with Gasteiger partial charge in [-0.15, -0.1) is 0 Å². The van der Waals surface area contributed by atoms with E-state index in [2.05, 4.69) is 24.8 Å². The summed E-state index contributed by atoms with van der Waals surface area (Å²) in [7, 11) is 0. The molecule has 1 N–H and O–H groups in total. The van der Waals surface area contributed by atoms with Crippen molar-refractivity contribution in [3.05, 3.63) is 83.1 Å². The van der Waals surface area contributed by atoms with E-state index in [4.69, 9.17) is 16.3 Å². The normalized spacial score (nSPS) is 17.8. The summed E-state index contributed by atoms with van der Waals surface area (Å²) in [5.41, 5.74) is 2.96. The van der Waals surface area contributed by atoms with Crippen LogP contribution in [0.4, 0.5) is 5.95 Å². The lowest BCUT2D eigenvalue weighted by Crippen LogP contribution is -2.44. The summed E-state index contributed by atoms with van der Waals surface area (Å²) in [6, 6.07) is 19.5. The van der Waals surface area contributed by atoms with Crippen molar-refractivity contribution in [2.45, 2.75) is 0 Å². The lowest BCUT2D eigenvalue weighted by atomic mass is 10.0. The van der Waals surface area contributed by atoms with Gasteiger partial charge in [0.25, 0.3) is 0 Å². The van der Waals surface area contributed by atoms with Crippen LogP contribution < -0.4 is 4.90 Å². The van der Waals surface area contributed by atoms with E-state index in [1.165, 1.54) is 0 Å². The number of nitrogens with zero attached hydrogens (tertiary/aromatic N) is 4. The average Bonchev–Trinajstić information content (AvgIpc) is 3.42. The topological polar surface area (TPSA) is 73.8 Å². The summed E-state index contributed by atoms with van der Waals surface area (Å²) in [5, 5.41) is 2.77. The number of imidazole rings is 1. The van der Waals surface area contributed by atoms with Gasteiger partial charge < -0.3 is 19.5 Å². The fraction of sp³-hybridized carbons (Fsp3) is 0.160. The van der Waals surface area contributed by atoms with E-state index in [0.29, 0.717) is 16.6 Å². The van der Waals surface area contributed by atoms with Crippen molar-refractivity contribution in [2.24, 2.45) is 4.99 Å². The van der Waals surface area contributed by atoms with Gasteiger partial charge in [0.2, 0.25) is 11.8 Å². The van der Waals surface area contributed by atoms with E-state index >= 15 is 0 Å². The lowest BCUT2D eigenvalue weighted by molar-refractivity contribution is -0.130. The monoisotopic (exact) mass is 457 g/mol. The number of benzene rings is 3. The van der Waals surface area contributed by atoms with E-state index in [1.807, 2.05) is 60.7 Å². The number of carbonyl (C=O) groups excluding carboxylic acids is 1. The molecule has 4 aromatic rings. The van der Waals surface area contributed by atoms with Crippen molar-refractivity contribution in [3.8, 4) is 0 Å². The van der Waals surface area contributed by atoms with Gasteiger partial charge in [0.05, 0.1) is 11.0 Å². The molecular weight excluding hydrogens is 438 g/mol. The third kappa shape index (κ3) is 3.70. The molecule has 1 aromatic heterocycles. The van der Waals surface area contributed by atoms with Crippen LogP contribution in [0.2, 0.25) is 5.02 Å². The highest BCUT2D eigenvalue weighted by Crippen LogP contribution is 2.25. The number of H-pyrrole nitrogens is 1. The number of fused-ring (bicyclic) bond motifs is 2. The Morgan fingerprint density at radius 2 is 1.82 bits per heavy atom. The van der Waals surface area contributed by atoms with Crippen LogP contribution in [0, 0.1) is 0 Å². The number of anilines is 1. The number of hydrogen-bond acceptors (Lipinski definition) is 6. The first-order chi connectivity index (χ1) is 16.1. The van der Waals surface area contributed by atoms with Crippen LogP contribution in [-0.4, -0.2) is 52.9 Å². The molecule has 3 aromatic carbocycles. The second-order valence-electron chi connectivity index (χ2n) is 8.09. The zero-order valence-electron chi connectivity index (χ0n) is 17.7. The Labute approximate surface area is 194 Å². The molecule has 1 fully saturated rings. The van der Waals surface area contributed by atoms with Crippen molar-refractivity contribution in [1.29, 1.82) is 0 Å². The van der Waals surface area contributed by atoms with Crippen LogP contribution in [0.3, 0.4) is 0 Å². The van der Waals surface area contributed by atoms with Crippen molar-refractivity contribution < 1.29 is 9.53 Å². The molecule has 0 amide bonds. The maximum Gasteiger partial charge on any atom is 0.365 e. The maximum atomic E-state index is 12.5. The Kier molecular flexibility index (Phi) is 4.77. The predicted molar refractivity (Wildman–Crippen MR) is 130 cm³/mol.